The number of carbonyl (C=O) groups excluding carboxylic acids is 3. The lowest BCUT2D eigenvalue weighted by Gasteiger charge is -2.32. The molecule has 2 N–H and O–H groups in total. The Labute approximate surface area is 223 Å². The molecule has 10 heteroatoms. The lowest BCUT2D eigenvalue weighted by molar-refractivity contribution is -0.145. The average molecular weight is 525 g/mol. The Morgan fingerprint density at radius 1 is 1.00 bits per heavy atom. The van der Waals surface area contributed by atoms with Crippen LogP contribution in [0.25, 0.3) is 0 Å². The zero-order chi connectivity index (χ0) is 27.4. The maximum atomic E-state index is 13.7. The van der Waals surface area contributed by atoms with E-state index in [1.165, 1.54) is 12.1 Å². The molecule has 2 aliphatic heterocycles. The fraction of sp³-hybridized carbons (Fsp3) is 0.464. The first kappa shape index (κ1) is 27.5. The van der Waals surface area contributed by atoms with Gasteiger partial charge in [0.1, 0.15) is 5.82 Å². The number of nitrogens with zero attached hydrogens (tertiary/aromatic N) is 4. The highest BCUT2D eigenvalue weighted by atomic mass is 19.1. The van der Waals surface area contributed by atoms with Crippen molar-refractivity contribution in [3.63, 3.8) is 0 Å². The summed E-state index contributed by atoms with van der Waals surface area (Å²) in [5, 5.41) is 9.47. The summed E-state index contributed by atoms with van der Waals surface area (Å²) < 4.78 is 13.7. The number of rotatable bonds is 11. The molecule has 4 rings (SSSR count). The SMILES string of the molecule is CCNCCNC(=O)CN(CC(=O)N(C)N1Cc2ccc(F)cc2C1)c1cc2c(cc1C)CN(CC)C2=O. The number of benzene rings is 2. The summed E-state index contributed by atoms with van der Waals surface area (Å²) >= 11 is 0. The molecule has 0 spiro atoms. The van der Waals surface area contributed by atoms with Gasteiger partial charge in [-0.3, -0.25) is 19.4 Å². The van der Waals surface area contributed by atoms with Gasteiger partial charge in [0.15, 0.2) is 0 Å². The van der Waals surface area contributed by atoms with E-state index in [0.717, 1.165) is 28.8 Å². The van der Waals surface area contributed by atoms with Crippen molar-refractivity contribution in [1.29, 1.82) is 0 Å². The predicted octanol–water partition coefficient (Wildman–Crippen LogP) is 2.03. The standard InChI is InChI=1S/C28H37FN6O3/c1-5-30-9-10-31-26(36)17-34(25-13-24-22(11-19(25)3)14-33(6-2)28(24)38)18-27(37)32(4)35-15-20-7-8-23(29)12-21(20)16-35/h7-8,11-13,30H,5-6,9-10,14-18H2,1-4H3,(H,31,36). The van der Waals surface area contributed by atoms with Crippen molar-refractivity contribution in [2.45, 2.75) is 40.4 Å². The molecule has 0 aromatic heterocycles. The van der Waals surface area contributed by atoms with Crippen LogP contribution in [0, 0.1) is 12.7 Å². The van der Waals surface area contributed by atoms with E-state index in [1.807, 2.05) is 37.9 Å². The Balaban J connectivity index is 1.53. The van der Waals surface area contributed by atoms with E-state index >= 15 is 0 Å². The van der Waals surface area contributed by atoms with Gasteiger partial charge in [-0.15, -0.1) is 0 Å². The molecule has 38 heavy (non-hydrogen) atoms. The van der Waals surface area contributed by atoms with Crippen molar-refractivity contribution < 1.29 is 18.8 Å². The Kier molecular flexibility index (Phi) is 8.63. The van der Waals surface area contributed by atoms with E-state index < -0.39 is 0 Å². The average Bonchev–Trinajstić information content (AvgIpc) is 3.45. The molecule has 2 aromatic carbocycles. The maximum absolute atomic E-state index is 13.7. The van der Waals surface area contributed by atoms with Crippen LogP contribution in [-0.4, -0.2) is 79.0 Å². The van der Waals surface area contributed by atoms with Crippen molar-refractivity contribution in [3.8, 4) is 0 Å². The van der Waals surface area contributed by atoms with Crippen LogP contribution < -0.4 is 15.5 Å². The normalized spacial score (nSPS) is 14.4. The molecule has 0 saturated carbocycles. The van der Waals surface area contributed by atoms with Crippen molar-refractivity contribution in [2.24, 2.45) is 0 Å². The van der Waals surface area contributed by atoms with E-state index in [-0.39, 0.29) is 36.6 Å². The van der Waals surface area contributed by atoms with Gasteiger partial charge in [-0.1, -0.05) is 19.1 Å². The number of amides is 3. The van der Waals surface area contributed by atoms with Gasteiger partial charge in [0.25, 0.3) is 11.8 Å². The summed E-state index contributed by atoms with van der Waals surface area (Å²) in [6.07, 6.45) is 0. The Bertz CT molecular complexity index is 1220. The molecule has 0 atom stereocenters. The number of anilines is 1. The molecule has 204 valence electrons. The van der Waals surface area contributed by atoms with Crippen molar-refractivity contribution in [1.82, 2.24) is 25.6 Å². The zero-order valence-electron chi connectivity index (χ0n) is 22.6. The highest BCUT2D eigenvalue weighted by Gasteiger charge is 2.30. The molecular weight excluding hydrogens is 487 g/mol. The van der Waals surface area contributed by atoms with E-state index in [9.17, 15) is 18.8 Å². The molecule has 0 fully saturated rings. The molecule has 0 bridgehead atoms. The van der Waals surface area contributed by atoms with Gasteiger partial charge >= 0.3 is 0 Å². The minimum absolute atomic E-state index is 0.0253. The molecule has 0 radical (unpaired) electrons. The quantitative estimate of drug-likeness (QED) is 0.438. The fourth-order valence-corrected chi connectivity index (χ4v) is 5.03. The summed E-state index contributed by atoms with van der Waals surface area (Å²) in [6, 6.07) is 8.47. The predicted molar refractivity (Wildman–Crippen MR) is 144 cm³/mol. The summed E-state index contributed by atoms with van der Waals surface area (Å²) in [5.41, 5.74) is 4.99. The first-order valence-electron chi connectivity index (χ1n) is 13.2. The largest absolute Gasteiger partial charge is 0.353 e. The summed E-state index contributed by atoms with van der Waals surface area (Å²) in [4.78, 5) is 42.7. The van der Waals surface area contributed by atoms with Crippen molar-refractivity contribution in [2.75, 3.05) is 51.2 Å². The molecule has 9 nitrogen and oxygen atoms in total. The second-order valence-corrected chi connectivity index (χ2v) is 9.83. The van der Waals surface area contributed by atoms with Crippen LogP contribution in [0.5, 0.6) is 0 Å². The van der Waals surface area contributed by atoms with E-state index in [4.69, 9.17) is 0 Å². The van der Waals surface area contributed by atoms with E-state index in [2.05, 4.69) is 10.6 Å². The third-order valence-electron chi connectivity index (χ3n) is 7.22. The Hall–Kier alpha value is -3.50. The topological polar surface area (TPSA) is 88.2 Å². The number of hydrogen-bond donors (Lipinski definition) is 2. The van der Waals surface area contributed by atoms with Crippen LogP contribution in [0.2, 0.25) is 0 Å². The molecule has 2 aliphatic rings. The van der Waals surface area contributed by atoms with Gasteiger partial charge in [0.2, 0.25) is 5.91 Å². The second kappa shape index (κ2) is 11.9. The van der Waals surface area contributed by atoms with E-state index in [1.54, 1.807) is 27.9 Å². The fourth-order valence-electron chi connectivity index (χ4n) is 5.03. The first-order valence-corrected chi connectivity index (χ1v) is 13.2. The third kappa shape index (κ3) is 5.97. The van der Waals surface area contributed by atoms with E-state index in [0.29, 0.717) is 50.5 Å². The smallest absolute Gasteiger partial charge is 0.256 e. The number of nitrogens with one attached hydrogen (secondary N) is 2. The molecule has 0 aliphatic carbocycles. The number of hydrazine groups is 1. The molecular formula is C28H37FN6O3. The molecule has 0 saturated heterocycles. The van der Waals surface area contributed by atoms with Crippen LogP contribution in [0.15, 0.2) is 30.3 Å². The Morgan fingerprint density at radius 2 is 1.76 bits per heavy atom. The van der Waals surface area contributed by atoms with Crippen LogP contribution in [0.4, 0.5) is 10.1 Å². The monoisotopic (exact) mass is 524 g/mol. The van der Waals surface area contributed by atoms with Gasteiger partial charge in [-0.2, -0.15) is 0 Å². The molecule has 3 amide bonds. The molecule has 2 aromatic rings. The van der Waals surface area contributed by atoms with Gasteiger partial charge < -0.3 is 20.4 Å². The number of halogens is 1. The van der Waals surface area contributed by atoms with Crippen LogP contribution >= 0.6 is 0 Å². The molecule has 2 heterocycles. The maximum Gasteiger partial charge on any atom is 0.256 e. The van der Waals surface area contributed by atoms with Gasteiger partial charge in [-0.05, 0) is 60.8 Å². The summed E-state index contributed by atoms with van der Waals surface area (Å²) in [6.45, 7) is 9.86. The highest BCUT2D eigenvalue weighted by Crippen LogP contribution is 2.31. The first-order chi connectivity index (χ1) is 18.2. The highest BCUT2D eigenvalue weighted by molar-refractivity contribution is 6.00. The summed E-state index contributed by atoms with van der Waals surface area (Å²) in [5.74, 6) is -0.748. The number of hydrogen-bond acceptors (Lipinski definition) is 6. The van der Waals surface area contributed by atoms with Gasteiger partial charge in [0.05, 0.1) is 13.1 Å². The van der Waals surface area contributed by atoms with Crippen molar-refractivity contribution >= 4 is 23.4 Å². The van der Waals surface area contributed by atoms with Crippen molar-refractivity contribution in [3.05, 3.63) is 64.0 Å². The number of likely N-dealkylation sites (N-methyl/N-ethyl adjacent to an activating group) is 2. The number of fused-ring (bicyclic) bond motifs is 2. The van der Waals surface area contributed by atoms with Gasteiger partial charge in [-0.25, -0.2) is 9.40 Å². The van der Waals surface area contributed by atoms with Crippen LogP contribution in [-0.2, 0) is 29.2 Å². The van der Waals surface area contributed by atoms with Crippen LogP contribution in [0.3, 0.4) is 0 Å². The molecule has 0 unspecified atom stereocenters. The van der Waals surface area contributed by atoms with Gasteiger partial charge in [0, 0.05) is 57.6 Å². The Morgan fingerprint density at radius 3 is 2.50 bits per heavy atom. The summed E-state index contributed by atoms with van der Waals surface area (Å²) in [7, 11) is 1.69. The third-order valence-corrected chi connectivity index (χ3v) is 7.22. The lowest BCUT2D eigenvalue weighted by Crippen LogP contribution is -2.48. The lowest BCUT2D eigenvalue weighted by atomic mass is 10.0. The minimum atomic E-state index is -0.297. The second-order valence-electron chi connectivity index (χ2n) is 9.83. The van der Waals surface area contributed by atoms with Crippen LogP contribution in [0.1, 0.15) is 46.5 Å². The minimum Gasteiger partial charge on any atom is -0.353 e. The zero-order valence-corrected chi connectivity index (χ0v) is 22.6. The number of carbonyl (C=O) groups is 3. The number of aryl methyl sites for hydroxylation is 1.